The minimum atomic E-state index is -1.12. The Kier molecular flexibility index (Phi) is 8.32. The smallest absolute Gasteiger partial charge is 0.413 e. The normalized spacial score (nSPS) is 19.3. The summed E-state index contributed by atoms with van der Waals surface area (Å²) in [5, 5.41) is 9.54. The highest BCUT2D eigenvalue weighted by Gasteiger charge is 2.42. The Balaban J connectivity index is 2.00. The Hall–Kier alpha value is -2.97. The number of hydrogen-bond acceptors (Lipinski definition) is 7. The number of amides is 1. The number of aliphatic carboxylic acids is 1. The number of rotatable bonds is 9. The van der Waals surface area contributed by atoms with Gasteiger partial charge in [-0.05, 0) is 18.6 Å². The van der Waals surface area contributed by atoms with Crippen molar-refractivity contribution in [3.63, 3.8) is 0 Å². The molecule has 1 N–H and O–H groups in total. The SMILES string of the molecule is CCC(=O)O[C@@H](OC(=O)N1C[C@@H](COc2cccc(OC)c2)C[C@H]1C(=O)O)C(C)C. The summed E-state index contributed by atoms with van der Waals surface area (Å²) in [6.45, 7) is 5.51. The van der Waals surface area contributed by atoms with Crippen LogP contribution in [0.2, 0.25) is 0 Å². The van der Waals surface area contributed by atoms with Crippen molar-refractivity contribution in [2.75, 3.05) is 20.3 Å². The largest absolute Gasteiger partial charge is 0.497 e. The molecule has 0 spiro atoms. The predicted molar refractivity (Wildman–Crippen MR) is 106 cm³/mol. The molecule has 1 amide bonds. The molecule has 0 bridgehead atoms. The molecule has 0 aromatic heterocycles. The van der Waals surface area contributed by atoms with Crippen LogP contribution in [-0.4, -0.2) is 60.6 Å². The lowest BCUT2D eigenvalue weighted by Gasteiger charge is -2.26. The Bertz CT molecular complexity index is 750. The monoisotopic (exact) mass is 423 g/mol. The van der Waals surface area contributed by atoms with Gasteiger partial charge in [0.1, 0.15) is 17.5 Å². The molecular formula is C21H29NO8. The van der Waals surface area contributed by atoms with E-state index in [1.54, 1.807) is 52.1 Å². The molecule has 166 valence electrons. The molecule has 30 heavy (non-hydrogen) atoms. The lowest BCUT2D eigenvalue weighted by molar-refractivity contribution is -0.177. The van der Waals surface area contributed by atoms with Crippen LogP contribution in [-0.2, 0) is 19.1 Å². The van der Waals surface area contributed by atoms with Gasteiger partial charge in [0, 0.05) is 30.9 Å². The first kappa shape index (κ1) is 23.3. The van der Waals surface area contributed by atoms with E-state index < -0.39 is 30.4 Å². The summed E-state index contributed by atoms with van der Waals surface area (Å²) in [7, 11) is 1.55. The molecule has 9 nitrogen and oxygen atoms in total. The molecule has 0 aliphatic carbocycles. The molecule has 0 unspecified atom stereocenters. The molecule has 0 radical (unpaired) electrons. The Morgan fingerprint density at radius 3 is 2.50 bits per heavy atom. The molecule has 1 saturated heterocycles. The second-order valence-electron chi connectivity index (χ2n) is 7.44. The number of esters is 1. The molecule has 2 rings (SSSR count). The molecule has 1 fully saturated rings. The maximum atomic E-state index is 12.6. The first-order chi connectivity index (χ1) is 14.2. The van der Waals surface area contributed by atoms with E-state index in [1.165, 1.54) is 0 Å². The fourth-order valence-electron chi connectivity index (χ4n) is 3.06. The highest BCUT2D eigenvalue weighted by Crippen LogP contribution is 2.27. The summed E-state index contributed by atoms with van der Waals surface area (Å²) in [5.41, 5.74) is 0. The third-order valence-corrected chi connectivity index (χ3v) is 4.73. The van der Waals surface area contributed by atoms with Crippen molar-refractivity contribution in [2.45, 2.75) is 45.9 Å². The first-order valence-corrected chi connectivity index (χ1v) is 9.91. The number of benzene rings is 1. The van der Waals surface area contributed by atoms with Gasteiger partial charge in [-0.1, -0.05) is 26.8 Å². The zero-order chi connectivity index (χ0) is 22.3. The molecule has 1 aromatic carbocycles. The average Bonchev–Trinajstić information content (AvgIpc) is 3.16. The number of ether oxygens (including phenoxy) is 4. The summed E-state index contributed by atoms with van der Waals surface area (Å²) >= 11 is 0. The van der Waals surface area contributed by atoms with Crippen molar-refractivity contribution in [1.82, 2.24) is 4.90 Å². The van der Waals surface area contributed by atoms with Gasteiger partial charge < -0.3 is 24.1 Å². The van der Waals surface area contributed by atoms with Gasteiger partial charge in [-0.3, -0.25) is 9.69 Å². The van der Waals surface area contributed by atoms with Crippen LogP contribution in [0.25, 0.3) is 0 Å². The van der Waals surface area contributed by atoms with E-state index in [-0.39, 0.29) is 37.8 Å². The summed E-state index contributed by atoms with van der Waals surface area (Å²) in [4.78, 5) is 37.0. The maximum absolute atomic E-state index is 12.6. The molecule has 1 aliphatic heterocycles. The predicted octanol–water partition coefficient (Wildman–Crippen LogP) is 2.92. The number of nitrogens with zero attached hydrogens (tertiary/aromatic N) is 1. The summed E-state index contributed by atoms with van der Waals surface area (Å²) in [5.74, 6) is -0.852. The second kappa shape index (κ2) is 10.7. The lowest BCUT2D eigenvalue weighted by atomic mass is 10.1. The van der Waals surface area contributed by atoms with Crippen molar-refractivity contribution in [2.24, 2.45) is 11.8 Å². The van der Waals surface area contributed by atoms with Crippen molar-refractivity contribution in [1.29, 1.82) is 0 Å². The lowest BCUT2D eigenvalue weighted by Crippen LogP contribution is -2.43. The van der Waals surface area contributed by atoms with Gasteiger partial charge in [0.15, 0.2) is 0 Å². The number of likely N-dealkylation sites (tertiary alicyclic amines) is 1. The van der Waals surface area contributed by atoms with Crippen LogP contribution in [0.4, 0.5) is 4.79 Å². The van der Waals surface area contributed by atoms with E-state index in [2.05, 4.69) is 0 Å². The van der Waals surface area contributed by atoms with Gasteiger partial charge in [0.05, 0.1) is 13.7 Å². The third-order valence-electron chi connectivity index (χ3n) is 4.73. The first-order valence-electron chi connectivity index (χ1n) is 9.91. The minimum absolute atomic E-state index is 0.145. The van der Waals surface area contributed by atoms with Crippen LogP contribution in [0.1, 0.15) is 33.6 Å². The molecule has 1 aromatic rings. The second-order valence-corrected chi connectivity index (χ2v) is 7.44. The molecule has 0 saturated carbocycles. The Morgan fingerprint density at radius 2 is 1.90 bits per heavy atom. The van der Waals surface area contributed by atoms with E-state index >= 15 is 0 Å². The molecule has 1 aliphatic rings. The molecule has 1 heterocycles. The number of carboxylic acids is 1. The van der Waals surface area contributed by atoms with Gasteiger partial charge >= 0.3 is 18.0 Å². The topological polar surface area (TPSA) is 112 Å². The number of carbonyl (C=O) groups excluding carboxylic acids is 2. The van der Waals surface area contributed by atoms with E-state index in [4.69, 9.17) is 18.9 Å². The van der Waals surface area contributed by atoms with E-state index in [1.807, 2.05) is 0 Å². The number of carbonyl (C=O) groups is 3. The summed E-state index contributed by atoms with van der Waals surface area (Å²) < 4.78 is 21.4. The van der Waals surface area contributed by atoms with Gasteiger partial charge in [0.25, 0.3) is 6.29 Å². The Labute approximate surface area is 175 Å². The zero-order valence-corrected chi connectivity index (χ0v) is 17.7. The van der Waals surface area contributed by atoms with Crippen LogP contribution in [0.5, 0.6) is 11.5 Å². The van der Waals surface area contributed by atoms with Crippen molar-refractivity contribution in [3.8, 4) is 11.5 Å². The number of hydrogen-bond donors (Lipinski definition) is 1. The van der Waals surface area contributed by atoms with Gasteiger partial charge in [-0.15, -0.1) is 0 Å². The standard InChI is InChI=1S/C21H29NO8/c1-5-18(23)29-20(13(2)3)30-21(26)22-11-14(9-17(22)19(24)25)12-28-16-8-6-7-15(10-16)27-4/h6-8,10,13-14,17,20H,5,9,11-12H2,1-4H3,(H,24,25)/t14-,17-,20-/m0/s1. The van der Waals surface area contributed by atoms with E-state index in [9.17, 15) is 19.5 Å². The minimum Gasteiger partial charge on any atom is -0.497 e. The van der Waals surface area contributed by atoms with Crippen LogP contribution in [0, 0.1) is 11.8 Å². The summed E-state index contributed by atoms with van der Waals surface area (Å²) in [6, 6.07) is 6.04. The highest BCUT2D eigenvalue weighted by molar-refractivity contribution is 5.81. The average molecular weight is 423 g/mol. The molecular weight excluding hydrogens is 394 g/mol. The van der Waals surface area contributed by atoms with Gasteiger partial charge in [0.2, 0.25) is 0 Å². The summed E-state index contributed by atoms with van der Waals surface area (Å²) in [6.07, 6.45) is -1.53. The van der Waals surface area contributed by atoms with Gasteiger partial charge in [-0.2, -0.15) is 0 Å². The molecule has 9 heteroatoms. The Morgan fingerprint density at radius 1 is 1.20 bits per heavy atom. The number of carboxylic acid groups (broad SMARTS) is 1. The quantitative estimate of drug-likeness (QED) is 0.477. The fraction of sp³-hybridized carbons (Fsp3) is 0.571. The van der Waals surface area contributed by atoms with Crippen molar-refractivity contribution in [3.05, 3.63) is 24.3 Å². The van der Waals surface area contributed by atoms with Crippen LogP contribution in [0.15, 0.2) is 24.3 Å². The van der Waals surface area contributed by atoms with E-state index in [0.29, 0.717) is 11.5 Å². The maximum Gasteiger partial charge on any atom is 0.413 e. The van der Waals surface area contributed by atoms with Crippen molar-refractivity contribution >= 4 is 18.0 Å². The van der Waals surface area contributed by atoms with Crippen LogP contribution in [0.3, 0.4) is 0 Å². The van der Waals surface area contributed by atoms with Crippen LogP contribution >= 0.6 is 0 Å². The fourth-order valence-corrected chi connectivity index (χ4v) is 3.06. The van der Waals surface area contributed by atoms with Crippen molar-refractivity contribution < 1.29 is 38.4 Å². The highest BCUT2D eigenvalue weighted by atomic mass is 16.7. The van der Waals surface area contributed by atoms with E-state index in [0.717, 1.165) is 4.90 Å². The van der Waals surface area contributed by atoms with Crippen LogP contribution < -0.4 is 9.47 Å². The molecule has 3 atom stereocenters. The number of methoxy groups -OCH3 is 1. The van der Waals surface area contributed by atoms with Gasteiger partial charge in [-0.25, -0.2) is 9.59 Å². The zero-order valence-electron chi connectivity index (χ0n) is 17.7. The third kappa shape index (κ3) is 6.27.